The van der Waals surface area contributed by atoms with Gasteiger partial charge in [-0.1, -0.05) is 0 Å². The molecule has 4 N–H and O–H groups in total. The lowest BCUT2D eigenvalue weighted by Gasteiger charge is -2.29. The zero-order valence-corrected chi connectivity index (χ0v) is 9.50. The number of carbonyl (C=O) groups excluding carboxylic acids is 1. The molecule has 16 heavy (non-hydrogen) atoms. The third-order valence-electron chi connectivity index (χ3n) is 2.71. The molecule has 0 atom stereocenters. The summed E-state index contributed by atoms with van der Waals surface area (Å²) in [5.41, 5.74) is 7.62. The van der Waals surface area contributed by atoms with Crippen LogP contribution in [0.5, 0.6) is 0 Å². The van der Waals surface area contributed by atoms with Gasteiger partial charge in [-0.15, -0.1) is 0 Å². The Hall–Kier alpha value is -1.62. The molecule has 1 saturated heterocycles. The van der Waals surface area contributed by atoms with Crippen molar-refractivity contribution in [2.24, 2.45) is 5.73 Å². The van der Waals surface area contributed by atoms with Crippen molar-refractivity contribution >= 4 is 11.7 Å². The SMILES string of the molecule is Cc1cc(C)c(C(N)=O)c(NC2CNC2)n1. The Balaban J connectivity index is 2.35. The number of aromatic nitrogens is 1. The van der Waals surface area contributed by atoms with Crippen LogP contribution in [-0.2, 0) is 0 Å². The molecule has 5 heteroatoms. The van der Waals surface area contributed by atoms with Crippen LogP contribution in [0.15, 0.2) is 6.07 Å². The number of amides is 1. The number of anilines is 1. The molecule has 1 aromatic rings. The number of nitrogens with one attached hydrogen (secondary N) is 2. The normalized spacial score (nSPS) is 15.6. The predicted molar refractivity (Wildman–Crippen MR) is 62.5 cm³/mol. The molecule has 0 bridgehead atoms. The van der Waals surface area contributed by atoms with Crippen molar-refractivity contribution in [1.29, 1.82) is 0 Å². The molecule has 1 fully saturated rings. The molecule has 5 nitrogen and oxygen atoms in total. The van der Waals surface area contributed by atoms with E-state index in [-0.39, 0.29) is 0 Å². The Morgan fingerprint density at radius 1 is 1.56 bits per heavy atom. The second kappa shape index (κ2) is 4.09. The summed E-state index contributed by atoms with van der Waals surface area (Å²) >= 11 is 0. The predicted octanol–water partition coefficient (Wildman–Crippen LogP) is 0.181. The van der Waals surface area contributed by atoms with E-state index >= 15 is 0 Å². The van der Waals surface area contributed by atoms with Gasteiger partial charge in [0.05, 0.1) is 11.6 Å². The number of carbonyl (C=O) groups is 1. The summed E-state index contributed by atoms with van der Waals surface area (Å²) in [5.74, 6) is 0.177. The lowest BCUT2D eigenvalue weighted by molar-refractivity contribution is 0.1000. The first-order chi connectivity index (χ1) is 7.58. The van der Waals surface area contributed by atoms with Crippen molar-refractivity contribution < 1.29 is 4.79 Å². The first kappa shape index (κ1) is 10.9. The standard InChI is InChI=1S/C11H16N4O/c1-6-3-7(2)14-11(9(6)10(12)16)15-8-4-13-5-8/h3,8,13H,4-5H2,1-2H3,(H2,12,16)(H,14,15). The Bertz CT molecular complexity index is 426. The average molecular weight is 220 g/mol. The molecule has 1 amide bonds. The highest BCUT2D eigenvalue weighted by Crippen LogP contribution is 2.19. The Labute approximate surface area is 94.4 Å². The molecule has 0 unspecified atom stereocenters. The van der Waals surface area contributed by atoms with Gasteiger partial charge >= 0.3 is 0 Å². The topological polar surface area (TPSA) is 80.0 Å². The zero-order chi connectivity index (χ0) is 11.7. The van der Waals surface area contributed by atoms with E-state index in [0.717, 1.165) is 24.3 Å². The quantitative estimate of drug-likeness (QED) is 0.679. The Morgan fingerprint density at radius 2 is 2.25 bits per heavy atom. The van der Waals surface area contributed by atoms with E-state index in [2.05, 4.69) is 15.6 Å². The molecule has 1 aliphatic heterocycles. The third kappa shape index (κ3) is 1.99. The van der Waals surface area contributed by atoms with Crippen LogP contribution in [0.25, 0.3) is 0 Å². The second-order valence-electron chi connectivity index (χ2n) is 4.17. The van der Waals surface area contributed by atoms with Crippen LogP contribution in [0, 0.1) is 13.8 Å². The van der Waals surface area contributed by atoms with Crippen LogP contribution in [0.4, 0.5) is 5.82 Å². The summed E-state index contributed by atoms with van der Waals surface area (Å²) in [6.07, 6.45) is 0. The number of primary amides is 1. The molecule has 1 aromatic heterocycles. The number of nitrogens with two attached hydrogens (primary N) is 1. The molecule has 2 heterocycles. The van der Waals surface area contributed by atoms with Gasteiger partial charge < -0.3 is 16.4 Å². The number of pyridine rings is 1. The molecular weight excluding hydrogens is 204 g/mol. The largest absolute Gasteiger partial charge is 0.365 e. The van der Waals surface area contributed by atoms with E-state index in [0.29, 0.717) is 17.4 Å². The molecule has 0 saturated carbocycles. The van der Waals surface area contributed by atoms with Crippen LogP contribution >= 0.6 is 0 Å². The van der Waals surface area contributed by atoms with Crippen molar-refractivity contribution in [3.63, 3.8) is 0 Å². The minimum Gasteiger partial charge on any atom is -0.365 e. The molecule has 86 valence electrons. The van der Waals surface area contributed by atoms with Gasteiger partial charge in [0.2, 0.25) is 0 Å². The van der Waals surface area contributed by atoms with Crippen LogP contribution in [0.3, 0.4) is 0 Å². The van der Waals surface area contributed by atoms with E-state index in [9.17, 15) is 4.79 Å². The summed E-state index contributed by atoms with van der Waals surface area (Å²) < 4.78 is 0. The molecule has 0 radical (unpaired) electrons. The maximum absolute atomic E-state index is 11.4. The highest BCUT2D eigenvalue weighted by atomic mass is 16.1. The Kier molecular flexibility index (Phi) is 2.78. The maximum Gasteiger partial charge on any atom is 0.252 e. The van der Waals surface area contributed by atoms with Crippen LogP contribution in [-0.4, -0.2) is 30.0 Å². The summed E-state index contributed by atoms with van der Waals surface area (Å²) in [5, 5.41) is 6.39. The van der Waals surface area contributed by atoms with Gasteiger partial charge in [0.1, 0.15) is 5.82 Å². The smallest absolute Gasteiger partial charge is 0.252 e. The second-order valence-corrected chi connectivity index (χ2v) is 4.17. The van der Waals surface area contributed by atoms with Crippen molar-refractivity contribution in [3.05, 3.63) is 22.9 Å². The number of hydrogen-bond acceptors (Lipinski definition) is 4. The fourth-order valence-electron chi connectivity index (χ4n) is 1.84. The van der Waals surface area contributed by atoms with E-state index < -0.39 is 5.91 Å². The van der Waals surface area contributed by atoms with E-state index in [1.165, 1.54) is 0 Å². The molecular formula is C11H16N4O. The zero-order valence-electron chi connectivity index (χ0n) is 9.50. The number of nitrogens with zero attached hydrogens (tertiary/aromatic N) is 1. The lowest BCUT2D eigenvalue weighted by atomic mass is 10.1. The van der Waals surface area contributed by atoms with Gasteiger partial charge in [-0.05, 0) is 25.5 Å². The number of aryl methyl sites for hydroxylation is 2. The van der Waals surface area contributed by atoms with Gasteiger partial charge in [-0.2, -0.15) is 0 Å². The van der Waals surface area contributed by atoms with Gasteiger partial charge in [0, 0.05) is 18.8 Å². The number of hydrogen-bond donors (Lipinski definition) is 3. The van der Waals surface area contributed by atoms with Crippen LogP contribution in [0.1, 0.15) is 21.6 Å². The van der Waals surface area contributed by atoms with Crippen molar-refractivity contribution in [3.8, 4) is 0 Å². The van der Waals surface area contributed by atoms with Gasteiger partial charge in [-0.25, -0.2) is 4.98 Å². The summed E-state index contributed by atoms with van der Waals surface area (Å²) in [7, 11) is 0. The highest BCUT2D eigenvalue weighted by molar-refractivity contribution is 5.99. The monoisotopic (exact) mass is 220 g/mol. The average Bonchev–Trinajstić information content (AvgIpc) is 2.09. The highest BCUT2D eigenvalue weighted by Gasteiger charge is 2.21. The first-order valence-corrected chi connectivity index (χ1v) is 5.33. The van der Waals surface area contributed by atoms with Crippen LogP contribution < -0.4 is 16.4 Å². The summed E-state index contributed by atoms with van der Waals surface area (Å²) in [6.45, 7) is 5.57. The first-order valence-electron chi connectivity index (χ1n) is 5.33. The fourth-order valence-corrected chi connectivity index (χ4v) is 1.84. The maximum atomic E-state index is 11.4. The van der Waals surface area contributed by atoms with E-state index in [1.54, 1.807) is 0 Å². The number of rotatable bonds is 3. The van der Waals surface area contributed by atoms with Gasteiger partial charge in [0.15, 0.2) is 0 Å². The fraction of sp³-hybridized carbons (Fsp3) is 0.455. The van der Waals surface area contributed by atoms with Gasteiger partial charge in [0.25, 0.3) is 5.91 Å². The Morgan fingerprint density at radius 3 is 2.75 bits per heavy atom. The van der Waals surface area contributed by atoms with E-state index in [4.69, 9.17) is 5.73 Å². The summed E-state index contributed by atoms with van der Waals surface area (Å²) in [6, 6.07) is 2.21. The third-order valence-corrected chi connectivity index (χ3v) is 2.71. The van der Waals surface area contributed by atoms with Crippen molar-refractivity contribution in [2.45, 2.75) is 19.9 Å². The summed E-state index contributed by atoms with van der Waals surface area (Å²) in [4.78, 5) is 15.7. The molecule has 0 aromatic carbocycles. The minimum atomic E-state index is -0.431. The van der Waals surface area contributed by atoms with E-state index in [1.807, 2.05) is 19.9 Å². The van der Waals surface area contributed by atoms with Crippen molar-refractivity contribution in [1.82, 2.24) is 10.3 Å². The van der Waals surface area contributed by atoms with Crippen molar-refractivity contribution in [2.75, 3.05) is 18.4 Å². The lowest BCUT2D eigenvalue weighted by Crippen LogP contribution is -2.51. The molecule has 2 rings (SSSR count). The molecule has 0 spiro atoms. The van der Waals surface area contributed by atoms with Gasteiger partial charge in [-0.3, -0.25) is 4.79 Å². The molecule has 0 aliphatic carbocycles. The molecule has 1 aliphatic rings. The van der Waals surface area contributed by atoms with Crippen LogP contribution in [0.2, 0.25) is 0 Å². The minimum absolute atomic E-state index is 0.340.